The average Bonchev–Trinajstić information content (AvgIpc) is 2.42. The Hall–Kier alpha value is -1.66. The summed E-state index contributed by atoms with van der Waals surface area (Å²) < 4.78 is 30.3. The van der Waals surface area contributed by atoms with Crippen molar-refractivity contribution < 1.29 is 23.1 Å². The van der Waals surface area contributed by atoms with Gasteiger partial charge in [-0.25, -0.2) is 8.42 Å². The molecule has 1 aromatic rings. The van der Waals surface area contributed by atoms with E-state index in [0.717, 1.165) is 10.4 Å². The molecule has 0 heterocycles. The van der Waals surface area contributed by atoms with Crippen LogP contribution in [0.15, 0.2) is 23.1 Å². The van der Waals surface area contributed by atoms with E-state index in [-0.39, 0.29) is 28.6 Å². The number of carboxylic acids is 1. The molecule has 0 amide bonds. The lowest BCUT2D eigenvalue weighted by molar-refractivity contribution is -0.137. The van der Waals surface area contributed by atoms with Crippen LogP contribution in [0.4, 0.5) is 0 Å². The van der Waals surface area contributed by atoms with Gasteiger partial charge in [0.25, 0.3) is 0 Å². The molecule has 1 N–H and O–H groups in total. The number of methoxy groups -OCH3 is 1. The van der Waals surface area contributed by atoms with Crippen molar-refractivity contribution in [2.75, 3.05) is 26.8 Å². The number of rotatable bonds is 7. The second kappa shape index (κ2) is 7.38. The fraction of sp³-hybridized carbons (Fsp3) is 0.333. The standard InChI is InChI=1S/C12H13ClN2O5S/c1-20-5-4-15(8-12(16)17)21(18,19)10-3-2-9(7-14)11(13)6-10/h2-3,6H,4-5,8H2,1H3,(H,16,17). The zero-order valence-corrected chi connectivity index (χ0v) is 12.7. The number of ether oxygens (including phenoxy) is 1. The molecular weight excluding hydrogens is 320 g/mol. The highest BCUT2D eigenvalue weighted by atomic mass is 35.5. The predicted molar refractivity (Wildman–Crippen MR) is 74.4 cm³/mol. The van der Waals surface area contributed by atoms with E-state index >= 15 is 0 Å². The largest absolute Gasteiger partial charge is 0.480 e. The molecule has 7 nitrogen and oxygen atoms in total. The number of aliphatic carboxylic acids is 1. The lowest BCUT2D eigenvalue weighted by Gasteiger charge is -2.20. The van der Waals surface area contributed by atoms with Gasteiger partial charge in [-0.3, -0.25) is 4.79 Å². The highest BCUT2D eigenvalue weighted by molar-refractivity contribution is 7.89. The van der Waals surface area contributed by atoms with Gasteiger partial charge < -0.3 is 9.84 Å². The van der Waals surface area contributed by atoms with Crippen molar-refractivity contribution in [2.45, 2.75) is 4.90 Å². The van der Waals surface area contributed by atoms with Crippen LogP contribution >= 0.6 is 11.6 Å². The number of nitriles is 1. The molecule has 0 atom stereocenters. The Labute approximate surface area is 127 Å². The van der Waals surface area contributed by atoms with Crippen LogP contribution in [0.1, 0.15) is 5.56 Å². The van der Waals surface area contributed by atoms with E-state index in [1.54, 1.807) is 0 Å². The van der Waals surface area contributed by atoms with Crippen LogP contribution in [0, 0.1) is 11.3 Å². The molecule has 0 aliphatic heterocycles. The van der Waals surface area contributed by atoms with E-state index in [4.69, 9.17) is 26.7 Å². The summed E-state index contributed by atoms with van der Waals surface area (Å²) in [7, 11) is -2.66. The number of sulfonamides is 1. The average molecular weight is 333 g/mol. The first kappa shape index (κ1) is 17.4. The van der Waals surface area contributed by atoms with Gasteiger partial charge in [-0.1, -0.05) is 11.6 Å². The van der Waals surface area contributed by atoms with E-state index in [2.05, 4.69) is 0 Å². The molecule has 1 aromatic carbocycles. The number of nitrogens with zero attached hydrogens (tertiary/aromatic N) is 2. The molecular formula is C12H13ClN2O5S. The fourth-order valence-electron chi connectivity index (χ4n) is 1.52. The van der Waals surface area contributed by atoms with E-state index < -0.39 is 22.5 Å². The fourth-order valence-corrected chi connectivity index (χ4v) is 3.21. The molecule has 0 radical (unpaired) electrons. The third-order valence-electron chi connectivity index (χ3n) is 2.56. The van der Waals surface area contributed by atoms with Gasteiger partial charge in [-0.05, 0) is 18.2 Å². The lowest BCUT2D eigenvalue weighted by atomic mass is 10.2. The number of hydrogen-bond acceptors (Lipinski definition) is 5. The maximum atomic E-state index is 12.4. The van der Waals surface area contributed by atoms with Crippen molar-refractivity contribution in [1.29, 1.82) is 5.26 Å². The van der Waals surface area contributed by atoms with Crippen molar-refractivity contribution >= 4 is 27.6 Å². The molecule has 114 valence electrons. The normalized spacial score (nSPS) is 11.3. The minimum absolute atomic E-state index is 0.0133. The van der Waals surface area contributed by atoms with Crippen LogP contribution in [0.5, 0.6) is 0 Å². The number of benzene rings is 1. The molecule has 0 fully saturated rings. The highest BCUT2D eigenvalue weighted by Gasteiger charge is 2.26. The van der Waals surface area contributed by atoms with Crippen molar-refractivity contribution in [3.8, 4) is 6.07 Å². The summed E-state index contributed by atoms with van der Waals surface area (Å²) in [5.74, 6) is -1.28. The van der Waals surface area contributed by atoms with Gasteiger partial charge >= 0.3 is 5.97 Å². The Bertz CT molecular complexity index is 669. The molecule has 1 rings (SSSR count). The SMILES string of the molecule is COCCN(CC(=O)O)S(=O)(=O)c1ccc(C#N)c(Cl)c1. The van der Waals surface area contributed by atoms with Gasteiger partial charge in [0.1, 0.15) is 12.6 Å². The minimum atomic E-state index is -4.04. The molecule has 0 aromatic heterocycles. The van der Waals surface area contributed by atoms with Crippen LogP contribution in [0.3, 0.4) is 0 Å². The Balaban J connectivity index is 3.18. The van der Waals surface area contributed by atoms with E-state index in [1.165, 1.54) is 19.2 Å². The van der Waals surface area contributed by atoms with E-state index in [0.29, 0.717) is 0 Å². The van der Waals surface area contributed by atoms with E-state index in [9.17, 15) is 13.2 Å². The topological polar surface area (TPSA) is 108 Å². The van der Waals surface area contributed by atoms with Crippen molar-refractivity contribution in [2.24, 2.45) is 0 Å². The Kier molecular flexibility index (Phi) is 6.11. The predicted octanol–water partition coefficient (Wildman–Crippen LogP) is 0.933. The molecule has 0 saturated carbocycles. The third-order valence-corrected chi connectivity index (χ3v) is 4.71. The number of carbonyl (C=O) groups is 1. The summed E-state index contributed by atoms with van der Waals surface area (Å²) in [4.78, 5) is 10.6. The lowest BCUT2D eigenvalue weighted by Crippen LogP contribution is -2.38. The molecule has 0 spiro atoms. The summed E-state index contributed by atoms with van der Waals surface area (Å²) in [5, 5.41) is 17.6. The molecule has 0 unspecified atom stereocenters. The van der Waals surface area contributed by atoms with Gasteiger partial charge in [0.05, 0.1) is 22.1 Å². The molecule has 0 saturated heterocycles. The van der Waals surface area contributed by atoms with Crippen LogP contribution in [0.2, 0.25) is 5.02 Å². The zero-order chi connectivity index (χ0) is 16.0. The summed E-state index contributed by atoms with van der Waals surface area (Å²) in [6, 6.07) is 5.42. The molecule has 0 bridgehead atoms. The number of hydrogen-bond donors (Lipinski definition) is 1. The van der Waals surface area contributed by atoms with Crippen molar-refractivity contribution in [3.63, 3.8) is 0 Å². The molecule has 0 aliphatic carbocycles. The first-order valence-electron chi connectivity index (χ1n) is 5.73. The first-order chi connectivity index (χ1) is 9.82. The third kappa shape index (κ3) is 4.41. The summed E-state index contributed by atoms with van der Waals surface area (Å²) >= 11 is 5.80. The van der Waals surface area contributed by atoms with Gasteiger partial charge in [-0.2, -0.15) is 9.57 Å². The van der Waals surface area contributed by atoms with Gasteiger partial charge in [0.2, 0.25) is 10.0 Å². The smallest absolute Gasteiger partial charge is 0.318 e. The van der Waals surface area contributed by atoms with Crippen molar-refractivity contribution in [1.82, 2.24) is 4.31 Å². The van der Waals surface area contributed by atoms with Crippen molar-refractivity contribution in [3.05, 3.63) is 28.8 Å². The summed E-state index contributed by atoms with van der Waals surface area (Å²) in [5.41, 5.74) is 0.136. The van der Waals surface area contributed by atoms with Crippen LogP contribution in [-0.4, -0.2) is 50.6 Å². The number of halogens is 1. The zero-order valence-electron chi connectivity index (χ0n) is 11.1. The highest BCUT2D eigenvalue weighted by Crippen LogP contribution is 2.22. The maximum Gasteiger partial charge on any atom is 0.318 e. The minimum Gasteiger partial charge on any atom is -0.480 e. The van der Waals surface area contributed by atoms with Crippen LogP contribution in [0.25, 0.3) is 0 Å². The summed E-state index contributed by atoms with van der Waals surface area (Å²) in [6.45, 7) is -0.747. The molecule has 9 heteroatoms. The molecule has 0 aliphatic rings. The number of carboxylic acid groups (broad SMARTS) is 1. The van der Waals surface area contributed by atoms with Crippen LogP contribution in [-0.2, 0) is 19.6 Å². The van der Waals surface area contributed by atoms with E-state index in [1.807, 2.05) is 6.07 Å². The second-order valence-corrected chi connectivity index (χ2v) is 6.32. The Morgan fingerprint density at radius 3 is 2.67 bits per heavy atom. The second-order valence-electron chi connectivity index (χ2n) is 3.98. The van der Waals surface area contributed by atoms with Gasteiger partial charge in [0, 0.05) is 13.7 Å². The first-order valence-corrected chi connectivity index (χ1v) is 7.55. The van der Waals surface area contributed by atoms with Gasteiger partial charge in [-0.15, -0.1) is 0 Å². The van der Waals surface area contributed by atoms with Gasteiger partial charge in [0.15, 0.2) is 0 Å². The Morgan fingerprint density at radius 2 is 2.19 bits per heavy atom. The quantitative estimate of drug-likeness (QED) is 0.796. The molecule has 21 heavy (non-hydrogen) atoms. The monoisotopic (exact) mass is 332 g/mol. The maximum absolute atomic E-state index is 12.4. The van der Waals surface area contributed by atoms with Crippen LogP contribution < -0.4 is 0 Å². The Morgan fingerprint density at radius 1 is 1.52 bits per heavy atom. The summed E-state index contributed by atoms with van der Waals surface area (Å²) in [6.07, 6.45) is 0.